The van der Waals surface area contributed by atoms with Gasteiger partial charge in [0, 0.05) is 42.3 Å². The average molecular weight is 442 g/mol. The van der Waals surface area contributed by atoms with Crippen molar-refractivity contribution in [2.45, 2.75) is 20.0 Å². The van der Waals surface area contributed by atoms with Crippen molar-refractivity contribution >= 4 is 17.3 Å². The van der Waals surface area contributed by atoms with Gasteiger partial charge in [0.25, 0.3) is 5.91 Å². The smallest absolute Gasteiger partial charge is 0.255 e. The SMILES string of the molecule is Cc1c(F)cccc1Nc1cn(-c2ccncc2OCc2ccccc2)c2c1C(=O)NCC2. The Morgan fingerprint density at radius 2 is 1.97 bits per heavy atom. The van der Waals surface area contributed by atoms with E-state index in [0.717, 1.165) is 16.9 Å². The molecule has 7 heteroatoms. The third-order valence-corrected chi connectivity index (χ3v) is 5.78. The van der Waals surface area contributed by atoms with E-state index in [1.54, 1.807) is 31.5 Å². The number of halogens is 1. The number of rotatable bonds is 6. The fraction of sp³-hybridized carbons (Fsp3) is 0.154. The number of pyridine rings is 1. The molecule has 0 fully saturated rings. The first-order valence-electron chi connectivity index (χ1n) is 10.8. The lowest BCUT2D eigenvalue weighted by Crippen LogP contribution is -2.32. The molecule has 1 aliphatic heterocycles. The van der Waals surface area contributed by atoms with E-state index in [9.17, 15) is 9.18 Å². The van der Waals surface area contributed by atoms with Crippen LogP contribution in [0.1, 0.15) is 27.2 Å². The van der Waals surface area contributed by atoms with Crippen molar-refractivity contribution < 1.29 is 13.9 Å². The van der Waals surface area contributed by atoms with Crippen LogP contribution in [0, 0.1) is 12.7 Å². The zero-order valence-corrected chi connectivity index (χ0v) is 18.1. The molecule has 0 saturated carbocycles. The van der Waals surface area contributed by atoms with E-state index in [4.69, 9.17) is 4.74 Å². The third kappa shape index (κ3) is 4.05. The highest BCUT2D eigenvalue weighted by molar-refractivity contribution is 6.03. The first-order chi connectivity index (χ1) is 16.1. The van der Waals surface area contributed by atoms with E-state index in [2.05, 4.69) is 15.6 Å². The van der Waals surface area contributed by atoms with Crippen molar-refractivity contribution in [2.75, 3.05) is 11.9 Å². The van der Waals surface area contributed by atoms with E-state index in [0.29, 0.717) is 47.8 Å². The van der Waals surface area contributed by atoms with Gasteiger partial charge >= 0.3 is 0 Å². The average Bonchev–Trinajstić information content (AvgIpc) is 3.21. The molecule has 0 spiro atoms. The first-order valence-corrected chi connectivity index (χ1v) is 10.8. The fourth-order valence-corrected chi connectivity index (χ4v) is 4.04. The number of hydrogen-bond donors (Lipinski definition) is 2. The maximum atomic E-state index is 14.1. The molecule has 2 aromatic heterocycles. The molecule has 2 aromatic carbocycles. The summed E-state index contributed by atoms with van der Waals surface area (Å²) in [4.78, 5) is 17.0. The van der Waals surface area contributed by atoms with Crippen LogP contribution >= 0.6 is 0 Å². The van der Waals surface area contributed by atoms with Gasteiger partial charge in [0.2, 0.25) is 0 Å². The van der Waals surface area contributed by atoms with Crippen LogP contribution in [0.4, 0.5) is 15.8 Å². The molecule has 0 aliphatic carbocycles. The van der Waals surface area contributed by atoms with E-state index < -0.39 is 0 Å². The van der Waals surface area contributed by atoms with E-state index in [-0.39, 0.29) is 11.7 Å². The van der Waals surface area contributed by atoms with Crippen LogP contribution in [0.5, 0.6) is 5.75 Å². The predicted molar refractivity (Wildman–Crippen MR) is 125 cm³/mol. The Kier molecular flexibility index (Phi) is 5.52. The molecule has 0 atom stereocenters. The molecule has 33 heavy (non-hydrogen) atoms. The summed E-state index contributed by atoms with van der Waals surface area (Å²) in [5, 5.41) is 6.17. The zero-order valence-electron chi connectivity index (χ0n) is 18.1. The van der Waals surface area contributed by atoms with Gasteiger partial charge in [-0.2, -0.15) is 0 Å². The highest BCUT2D eigenvalue weighted by Gasteiger charge is 2.27. The van der Waals surface area contributed by atoms with Crippen LogP contribution in [0.3, 0.4) is 0 Å². The minimum absolute atomic E-state index is 0.160. The Morgan fingerprint density at radius 3 is 2.82 bits per heavy atom. The van der Waals surface area contributed by atoms with Crippen LogP contribution in [0.15, 0.2) is 73.2 Å². The Hall–Kier alpha value is -4.13. The molecular weight excluding hydrogens is 419 g/mol. The highest BCUT2D eigenvalue weighted by atomic mass is 19.1. The van der Waals surface area contributed by atoms with Gasteiger partial charge in [-0.15, -0.1) is 0 Å². The summed E-state index contributed by atoms with van der Waals surface area (Å²) in [5.74, 6) is 0.148. The zero-order chi connectivity index (χ0) is 22.8. The van der Waals surface area contributed by atoms with Crippen LogP contribution in [0.2, 0.25) is 0 Å². The lowest BCUT2D eigenvalue weighted by atomic mass is 10.1. The Bertz CT molecular complexity index is 1320. The normalized spacial score (nSPS) is 12.7. The van der Waals surface area contributed by atoms with Crippen LogP contribution in [-0.2, 0) is 13.0 Å². The summed E-state index contributed by atoms with van der Waals surface area (Å²) in [6, 6.07) is 16.6. The number of nitrogens with zero attached hydrogens (tertiary/aromatic N) is 2. The van der Waals surface area contributed by atoms with Gasteiger partial charge in [-0.25, -0.2) is 4.39 Å². The number of ether oxygens (including phenoxy) is 1. The second-order valence-electron chi connectivity index (χ2n) is 7.90. The van der Waals surface area contributed by atoms with E-state index in [1.165, 1.54) is 6.07 Å². The number of amides is 1. The number of fused-ring (bicyclic) bond motifs is 1. The molecule has 0 radical (unpaired) electrons. The van der Waals surface area contributed by atoms with Gasteiger partial charge in [0.15, 0.2) is 5.75 Å². The van der Waals surface area contributed by atoms with Gasteiger partial charge in [0.05, 0.1) is 23.1 Å². The summed E-state index contributed by atoms with van der Waals surface area (Å²) < 4.78 is 22.2. The standard InChI is InChI=1S/C26H23FN4O2/c1-17-19(27)8-5-9-20(17)30-21-15-31(23-11-13-29-26(32)25(21)23)22-10-12-28-14-24(22)33-16-18-6-3-2-4-7-18/h2-10,12,14-15,30H,11,13,16H2,1H3,(H,29,32). The summed E-state index contributed by atoms with van der Waals surface area (Å²) in [6.45, 7) is 2.65. The molecular formula is C26H23FN4O2. The Balaban J connectivity index is 1.55. The van der Waals surface area contributed by atoms with Gasteiger partial charge < -0.3 is 19.9 Å². The molecule has 166 valence electrons. The van der Waals surface area contributed by atoms with Gasteiger partial charge in [-0.05, 0) is 30.7 Å². The van der Waals surface area contributed by atoms with E-state index >= 15 is 0 Å². The lowest BCUT2D eigenvalue weighted by Gasteiger charge is -2.18. The molecule has 3 heterocycles. The van der Waals surface area contributed by atoms with Crippen molar-refractivity contribution in [1.82, 2.24) is 14.9 Å². The van der Waals surface area contributed by atoms with E-state index in [1.807, 2.05) is 47.2 Å². The number of benzene rings is 2. The molecule has 6 nitrogen and oxygen atoms in total. The van der Waals surface area contributed by atoms with Crippen molar-refractivity contribution in [3.05, 3.63) is 101 Å². The van der Waals surface area contributed by atoms with Crippen molar-refractivity contribution in [2.24, 2.45) is 0 Å². The summed E-state index contributed by atoms with van der Waals surface area (Å²) >= 11 is 0. The number of aromatic nitrogens is 2. The quantitative estimate of drug-likeness (QED) is 0.444. The van der Waals surface area contributed by atoms with Crippen molar-refractivity contribution in [1.29, 1.82) is 0 Å². The highest BCUT2D eigenvalue weighted by Crippen LogP contribution is 2.34. The number of anilines is 2. The largest absolute Gasteiger partial charge is 0.485 e. The molecule has 0 bridgehead atoms. The number of nitrogens with one attached hydrogen (secondary N) is 2. The maximum Gasteiger partial charge on any atom is 0.255 e. The summed E-state index contributed by atoms with van der Waals surface area (Å²) in [6.07, 6.45) is 5.90. The minimum atomic E-state index is -0.302. The van der Waals surface area contributed by atoms with Crippen LogP contribution in [-0.4, -0.2) is 22.0 Å². The van der Waals surface area contributed by atoms with Gasteiger partial charge in [0.1, 0.15) is 12.4 Å². The van der Waals surface area contributed by atoms with Crippen molar-refractivity contribution in [3.8, 4) is 11.4 Å². The topological polar surface area (TPSA) is 68.2 Å². The number of hydrogen-bond acceptors (Lipinski definition) is 4. The van der Waals surface area contributed by atoms with Gasteiger partial charge in [-0.3, -0.25) is 9.78 Å². The Labute approximate surface area is 191 Å². The second kappa shape index (κ2) is 8.78. The number of carbonyl (C=O) groups excluding carboxylic acids is 1. The molecule has 5 rings (SSSR count). The first kappa shape index (κ1) is 20.8. The Morgan fingerprint density at radius 1 is 1.12 bits per heavy atom. The molecule has 1 amide bonds. The molecule has 2 N–H and O–H groups in total. The predicted octanol–water partition coefficient (Wildman–Crippen LogP) is 4.93. The molecule has 4 aromatic rings. The molecule has 0 saturated heterocycles. The summed E-state index contributed by atoms with van der Waals surface area (Å²) in [5.41, 5.74) is 4.97. The molecule has 0 unspecified atom stereocenters. The van der Waals surface area contributed by atoms with Crippen LogP contribution in [0.25, 0.3) is 5.69 Å². The van der Waals surface area contributed by atoms with Crippen molar-refractivity contribution in [3.63, 3.8) is 0 Å². The van der Waals surface area contributed by atoms with Gasteiger partial charge in [-0.1, -0.05) is 36.4 Å². The minimum Gasteiger partial charge on any atom is -0.485 e. The second-order valence-corrected chi connectivity index (χ2v) is 7.90. The number of carbonyl (C=O) groups is 1. The third-order valence-electron chi connectivity index (χ3n) is 5.78. The van der Waals surface area contributed by atoms with Crippen LogP contribution < -0.4 is 15.4 Å². The molecule has 1 aliphatic rings. The summed E-state index contributed by atoms with van der Waals surface area (Å²) in [7, 11) is 0. The lowest BCUT2D eigenvalue weighted by molar-refractivity contribution is 0.0946. The monoisotopic (exact) mass is 442 g/mol. The fourth-order valence-electron chi connectivity index (χ4n) is 4.04. The maximum absolute atomic E-state index is 14.1.